The highest BCUT2D eigenvalue weighted by Crippen LogP contribution is 2.18. The van der Waals surface area contributed by atoms with Crippen molar-refractivity contribution in [3.05, 3.63) is 54.1 Å². The SMILES string of the molecule is Cc1ccc(OCCN(C)C(C)C(=O)Nc2ccc(OC(F)F)cc2)cc1. The van der Waals surface area contributed by atoms with E-state index in [1.807, 2.05) is 43.1 Å². The van der Waals surface area contributed by atoms with Gasteiger partial charge < -0.3 is 14.8 Å². The van der Waals surface area contributed by atoms with Crippen LogP contribution >= 0.6 is 0 Å². The lowest BCUT2D eigenvalue weighted by molar-refractivity contribution is -0.120. The van der Waals surface area contributed by atoms with Crippen LogP contribution in [0.25, 0.3) is 0 Å². The Bertz CT molecular complexity index is 721. The van der Waals surface area contributed by atoms with Gasteiger partial charge >= 0.3 is 6.61 Å². The largest absolute Gasteiger partial charge is 0.492 e. The number of likely N-dealkylation sites (N-methyl/N-ethyl adjacent to an activating group) is 1. The first kappa shape index (κ1) is 20.6. The lowest BCUT2D eigenvalue weighted by atomic mass is 10.2. The monoisotopic (exact) mass is 378 g/mol. The molecule has 146 valence electrons. The minimum atomic E-state index is -2.87. The number of nitrogens with zero attached hydrogens (tertiary/aromatic N) is 1. The number of anilines is 1. The maximum atomic E-state index is 12.3. The maximum absolute atomic E-state index is 12.3. The van der Waals surface area contributed by atoms with E-state index in [0.717, 1.165) is 5.75 Å². The van der Waals surface area contributed by atoms with E-state index < -0.39 is 6.61 Å². The van der Waals surface area contributed by atoms with Crippen LogP contribution in [0.1, 0.15) is 12.5 Å². The first-order chi connectivity index (χ1) is 12.8. The van der Waals surface area contributed by atoms with Crippen molar-refractivity contribution in [3.8, 4) is 11.5 Å². The van der Waals surface area contributed by atoms with E-state index in [-0.39, 0.29) is 17.7 Å². The van der Waals surface area contributed by atoms with Crippen LogP contribution in [-0.2, 0) is 4.79 Å². The highest BCUT2D eigenvalue weighted by Gasteiger charge is 2.18. The molecule has 0 saturated heterocycles. The fraction of sp³-hybridized carbons (Fsp3) is 0.350. The molecular formula is C20H24F2N2O3. The summed E-state index contributed by atoms with van der Waals surface area (Å²) >= 11 is 0. The summed E-state index contributed by atoms with van der Waals surface area (Å²) in [5, 5.41) is 2.75. The first-order valence-corrected chi connectivity index (χ1v) is 8.60. The highest BCUT2D eigenvalue weighted by molar-refractivity contribution is 5.94. The van der Waals surface area contributed by atoms with Crippen molar-refractivity contribution in [2.24, 2.45) is 0 Å². The summed E-state index contributed by atoms with van der Waals surface area (Å²) < 4.78 is 34.2. The standard InChI is InChI=1S/C20H24F2N2O3/c1-14-4-8-17(9-5-14)26-13-12-24(3)15(2)19(25)23-16-6-10-18(11-7-16)27-20(21)22/h4-11,15,20H,12-13H2,1-3H3,(H,23,25). The van der Waals surface area contributed by atoms with Gasteiger partial charge in [0.15, 0.2) is 0 Å². The predicted molar refractivity (Wildman–Crippen MR) is 100 cm³/mol. The second-order valence-corrected chi connectivity index (χ2v) is 6.21. The van der Waals surface area contributed by atoms with E-state index >= 15 is 0 Å². The number of halogens is 2. The van der Waals surface area contributed by atoms with Crippen molar-refractivity contribution in [1.29, 1.82) is 0 Å². The lowest BCUT2D eigenvalue weighted by Gasteiger charge is -2.24. The van der Waals surface area contributed by atoms with E-state index in [9.17, 15) is 13.6 Å². The molecule has 0 spiro atoms. The van der Waals surface area contributed by atoms with Crippen molar-refractivity contribution < 1.29 is 23.0 Å². The van der Waals surface area contributed by atoms with Gasteiger partial charge in [0.1, 0.15) is 18.1 Å². The van der Waals surface area contributed by atoms with Crippen LogP contribution < -0.4 is 14.8 Å². The fourth-order valence-corrected chi connectivity index (χ4v) is 2.30. The van der Waals surface area contributed by atoms with Gasteiger partial charge in [0.25, 0.3) is 0 Å². The molecule has 1 amide bonds. The second kappa shape index (κ2) is 9.87. The Morgan fingerprint density at radius 2 is 1.67 bits per heavy atom. The summed E-state index contributed by atoms with van der Waals surface area (Å²) in [5.74, 6) is 0.633. The Hall–Kier alpha value is -2.67. The lowest BCUT2D eigenvalue weighted by Crippen LogP contribution is -2.41. The molecule has 2 aromatic rings. The number of nitrogens with one attached hydrogen (secondary N) is 1. The van der Waals surface area contributed by atoms with Gasteiger partial charge in [0.2, 0.25) is 5.91 Å². The number of aryl methyl sites for hydroxylation is 1. The number of alkyl halides is 2. The van der Waals surface area contributed by atoms with Crippen molar-refractivity contribution in [3.63, 3.8) is 0 Å². The van der Waals surface area contributed by atoms with Crippen LogP contribution in [0.15, 0.2) is 48.5 Å². The minimum Gasteiger partial charge on any atom is -0.492 e. The molecule has 1 atom stereocenters. The molecule has 5 nitrogen and oxygen atoms in total. The number of rotatable bonds is 9. The summed E-state index contributed by atoms with van der Waals surface area (Å²) in [7, 11) is 1.84. The Morgan fingerprint density at radius 3 is 2.26 bits per heavy atom. The minimum absolute atomic E-state index is 0.0430. The summed E-state index contributed by atoms with van der Waals surface area (Å²) in [4.78, 5) is 14.2. The third-order valence-electron chi connectivity index (χ3n) is 4.12. The Balaban J connectivity index is 1.78. The summed E-state index contributed by atoms with van der Waals surface area (Å²) in [6.45, 7) is 1.95. The number of hydrogen-bond donors (Lipinski definition) is 1. The molecule has 0 saturated carbocycles. The zero-order valence-electron chi connectivity index (χ0n) is 15.6. The Labute approximate surface area is 157 Å². The van der Waals surface area contributed by atoms with Crippen molar-refractivity contribution >= 4 is 11.6 Å². The average Bonchev–Trinajstić information content (AvgIpc) is 2.63. The molecule has 2 aromatic carbocycles. The third-order valence-corrected chi connectivity index (χ3v) is 4.12. The van der Waals surface area contributed by atoms with Gasteiger partial charge in [-0.1, -0.05) is 17.7 Å². The summed E-state index contributed by atoms with van der Waals surface area (Å²) in [6.07, 6.45) is 0. The molecule has 0 heterocycles. The van der Waals surface area contributed by atoms with Crippen LogP contribution in [0, 0.1) is 6.92 Å². The zero-order chi connectivity index (χ0) is 19.8. The normalized spacial score (nSPS) is 12.1. The predicted octanol–water partition coefficient (Wildman–Crippen LogP) is 3.93. The quantitative estimate of drug-likeness (QED) is 0.718. The first-order valence-electron chi connectivity index (χ1n) is 8.60. The molecule has 7 heteroatoms. The number of benzene rings is 2. The average molecular weight is 378 g/mol. The fourth-order valence-electron chi connectivity index (χ4n) is 2.30. The number of carbonyl (C=O) groups is 1. The summed E-state index contributed by atoms with van der Waals surface area (Å²) in [6, 6.07) is 13.2. The van der Waals surface area contributed by atoms with Crippen LogP contribution in [0.5, 0.6) is 11.5 Å². The van der Waals surface area contributed by atoms with E-state index in [2.05, 4.69) is 10.1 Å². The van der Waals surface area contributed by atoms with Gasteiger partial charge in [0, 0.05) is 12.2 Å². The third kappa shape index (κ3) is 6.86. The molecular weight excluding hydrogens is 354 g/mol. The number of ether oxygens (including phenoxy) is 2. The number of hydrogen-bond acceptors (Lipinski definition) is 4. The molecule has 27 heavy (non-hydrogen) atoms. The molecule has 0 aromatic heterocycles. The Kier molecular flexibility index (Phi) is 7.55. The van der Waals surface area contributed by atoms with Gasteiger partial charge in [-0.15, -0.1) is 0 Å². The summed E-state index contributed by atoms with van der Waals surface area (Å²) in [5.41, 5.74) is 1.68. The molecule has 0 radical (unpaired) electrons. The topological polar surface area (TPSA) is 50.8 Å². The zero-order valence-corrected chi connectivity index (χ0v) is 15.6. The molecule has 0 aliphatic heterocycles. The van der Waals surface area contributed by atoms with E-state index in [4.69, 9.17) is 4.74 Å². The molecule has 0 bridgehead atoms. The van der Waals surface area contributed by atoms with Crippen LogP contribution in [-0.4, -0.2) is 43.7 Å². The molecule has 1 unspecified atom stereocenters. The van der Waals surface area contributed by atoms with E-state index in [1.54, 1.807) is 6.92 Å². The smallest absolute Gasteiger partial charge is 0.387 e. The number of amides is 1. The number of carbonyl (C=O) groups excluding carboxylic acids is 1. The van der Waals surface area contributed by atoms with Gasteiger partial charge in [-0.05, 0) is 57.3 Å². The van der Waals surface area contributed by atoms with Gasteiger partial charge in [-0.3, -0.25) is 9.69 Å². The molecule has 0 aliphatic rings. The molecule has 1 N–H and O–H groups in total. The van der Waals surface area contributed by atoms with E-state index in [0.29, 0.717) is 18.8 Å². The van der Waals surface area contributed by atoms with Crippen LogP contribution in [0.3, 0.4) is 0 Å². The van der Waals surface area contributed by atoms with Crippen molar-refractivity contribution in [2.75, 3.05) is 25.5 Å². The molecule has 0 fully saturated rings. The van der Waals surface area contributed by atoms with E-state index in [1.165, 1.54) is 29.8 Å². The second-order valence-electron chi connectivity index (χ2n) is 6.21. The maximum Gasteiger partial charge on any atom is 0.387 e. The van der Waals surface area contributed by atoms with Crippen molar-refractivity contribution in [2.45, 2.75) is 26.5 Å². The Morgan fingerprint density at radius 1 is 1.07 bits per heavy atom. The highest BCUT2D eigenvalue weighted by atomic mass is 19.3. The van der Waals surface area contributed by atoms with Crippen LogP contribution in [0.2, 0.25) is 0 Å². The van der Waals surface area contributed by atoms with Gasteiger partial charge in [0.05, 0.1) is 6.04 Å². The van der Waals surface area contributed by atoms with Gasteiger partial charge in [-0.25, -0.2) is 0 Å². The van der Waals surface area contributed by atoms with Gasteiger partial charge in [-0.2, -0.15) is 8.78 Å². The molecule has 2 rings (SSSR count). The van der Waals surface area contributed by atoms with Crippen LogP contribution in [0.4, 0.5) is 14.5 Å². The molecule has 0 aliphatic carbocycles. The van der Waals surface area contributed by atoms with Crippen molar-refractivity contribution in [1.82, 2.24) is 4.90 Å².